The van der Waals surface area contributed by atoms with Gasteiger partial charge in [-0.2, -0.15) is 5.10 Å². The van der Waals surface area contributed by atoms with Gasteiger partial charge in [0.15, 0.2) is 0 Å². The third-order valence-corrected chi connectivity index (χ3v) is 5.77. The summed E-state index contributed by atoms with van der Waals surface area (Å²) >= 11 is 0. The number of carbonyl (C=O) groups is 1. The lowest BCUT2D eigenvalue weighted by molar-refractivity contribution is -0.122. The summed E-state index contributed by atoms with van der Waals surface area (Å²) in [7, 11) is 0. The molecule has 0 aliphatic carbocycles. The van der Waals surface area contributed by atoms with Crippen molar-refractivity contribution >= 4 is 5.91 Å². The van der Waals surface area contributed by atoms with Crippen molar-refractivity contribution in [2.45, 2.75) is 45.8 Å². The van der Waals surface area contributed by atoms with Crippen molar-refractivity contribution in [3.8, 4) is 22.5 Å². The van der Waals surface area contributed by atoms with E-state index in [1.807, 2.05) is 22.9 Å². The van der Waals surface area contributed by atoms with Crippen LogP contribution >= 0.6 is 0 Å². The highest BCUT2D eigenvalue weighted by Gasteiger charge is 2.35. The predicted molar refractivity (Wildman–Crippen MR) is 122 cm³/mol. The number of rotatable bonds is 6. The first-order valence-electron chi connectivity index (χ1n) is 10.8. The highest BCUT2D eigenvalue weighted by Crippen LogP contribution is 2.27. The summed E-state index contributed by atoms with van der Waals surface area (Å²) in [5.74, 6) is -0.315. The molecule has 0 saturated carbocycles. The Morgan fingerprint density at radius 1 is 1.19 bits per heavy atom. The Balaban J connectivity index is 1.46. The fourth-order valence-electron chi connectivity index (χ4n) is 3.80. The molecular weight excluding hydrogens is 407 g/mol. The van der Waals surface area contributed by atoms with Crippen molar-refractivity contribution in [2.24, 2.45) is 5.41 Å². The topological polar surface area (TPSA) is 83.9 Å². The molecule has 1 aliphatic heterocycles. The number of pyridine rings is 1. The highest BCUT2D eigenvalue weighted by atomic mass is 19.1. The van der Waals surface area contributed by atoms with E-state index in [1.165, 1.54) is 12.1 Å². The van der Waals surface area contributed by atoms with Crippen molar-refractivity contribution in [2.75, 3.05) is 6.54 Å². The molecule has 1 aromatic carbocycles. The summed E-state index contributed by atoms with van der Waals surface area (Å²) in [5.41, 5.74) is 9.79. The molecule has 3 heterocycles. The van der Waals surface area contributed by atoms with Crippen molar-refractivity contribution in [1.29, 1.82) is 0 Å². The first-order chi connectivity index (χ1) is 15.3. The molecule has 3 aromatic rings. The van der Waals surface area contributed by atoms with Crippen LogP contribution in [0, 0.1) is 11.2 Å². The second kappa shape index (κ2) is 9.18. The Morgan fingerprint density at radius 2 is 1.97 bits per heavy atom. The van der Waals surface area contributed by atoms with Crippen molar-refractivity contribution < 1.29 is 9.18 Å². The maximum absolute atomic E-state index is 13.3. The Labute approximate surface area is 187 Å². The number of nitrogens with zero attached hydrogens (tertiary/aromatic N) is 3. The highest BCUT2D eigenvalue weighted by molar-refractivity contribution is 5.82. The Bertz CT molecular complexity index is 1060. The van der Waals surface area contributed by atoms with Crippen LogP contribution in [0.2, 0.25) is 0 Å². The van der Waals surface area contributed by atoms with E-state index in [4.69, 9.17) is 5.10 Å². The third kappa shape index (κ3) is 5.03. The van der Waals surface area contributed by atoms with Crippen LogP contribution in [0.4, 0.5) is 4.39 Å². The fourth-order valence-corrected chi connectivity index (χ4v) is 3.80. The van der Waals surface area contributed by atoms with Crippen LogP contribution < -0.4 is 16.2 Å². The van der Waals surface area contributed by atoms with Gasteiger partial charge in [-0.3, -0.25) is 19.9 Å². The van der Waals surface area contributed by atoms with Gasteiger partial charge in [-0.15, -0.1) is 0 Å². The lowest BCUT2D eigenvalue weighted by Crippen LogP contribution is -2.45. The number of halogens is 1. The molecule has 1 aliphatic rings. The molecule has 32 heavy (non-hydrogen) atoms. The van der Waals surface area contributed by atoms with Gasteiger partial charge in [0.2, 0.25) is 5.91 Å². The second-order valence-corrected chi connectivity index (χ2v) is 9.17. The van der Waals surface area contributed by atoms with Crippen LogP contribution in [0.15, 0.2) is 54.9 Å². The Morgan fingerprint density at radius 3 is 2.62 bits per heavy atom. The molecule has 2 atom stereocenters. The van der Waals surface area contributed by atoms with Gasteiger partial charge in [-0.05, 0) is 54.3 Å². The Hall–Kier alpha value is -3.10. The van der Waals surface area contributed by atoms with Crippen molar-refractivity contribution in [3.05, 3.63) is 60.7 Å². The smallest absolute Gasteiger partial charge is 0.238 e. The van der Waals surface area contributed by atoms with E-state index >= 15 is 0 Å². The number of carbonyl (C=O) groups excluding carboxylic acids is 1. The molecule has 0 radical (unpaired) electrons. The van der Waals surface area contributed by atoms with Crippen LogP contribution in [0.1, 0.15) is 27.2 Å². The summed E-state index contributed by atoms with van der Waals surface area (Å²) in [6.45, 7) is 7.41. The van der Waals surface area contributed by atoms with E-state index < -0.39 is 0 Å². The van der Waals surface area contributed by atoms with E-state index in [0.29, 0.717) is 13.1 Å². The number of hydrogen-bond donors (Lipinski definition) is 3. The molecule has 2 aromatic heterocycles. The molecule has 8 heteroatoms. The molecule has 168 valence electrons. The number of nitrogens with one attached hydrogen (secondary N) is 3. The number of hydrazine groups is 1. The van der Waals surface area contributed by atoms with Gasteiger partial charge in [-0.1, -0.05) is 20.8 Å². The number of benzene rings is 1. The normalized spacial score (nSPS) is 18.6. The molecule has 0 spiro atoms. The zero-order valence-electron chi connectivity index (χ0n) is 18.6. The number of hydrogen-bond acceptors (Lipinski definition) is 5. The summed E-state index contributed by atoms with van der Waals surface area (Å²) in [5, 5.41) is 7.73. The molecule has 7 nitrogen and oxygen atoms in total. The van der Waals surface area contributed by atoms with Crippen LogP contribution in [-0.2, 0) is 11.3 Å². The maximum Gasteiger partial charge on any atom is 0.238 e. The van der Waals surface area contributed by atoms with Gasteiger partial charge in [0.1, 0.15) is 11.9 Å². The predicted octanol–water partition coefficient (Wildman–Crippen LogP) is 3.15. The molecule has 1 saturated heterocycles. The molecule has 0 bridgehead atoms. The molecule has 1 amide bonds. The summed E-state index contributed by atoms with van der Waals surface area (Å²) in [4.78, 5) is 16.8. The zero-order valence-corrected chi connectivity index (χ0v) is 18.6. The second-order valence-electron chi connectivity index (χ2n) is 9.17. The van der Waals surface area contributed by atoms with E-state index in [2.05, 4.69) is 41.9 Å². The van der Waals surface area contributed by atoms with E-state index in [1.54, 1.807) is 24.5 Å². The monoisotopic (exact) mass is 436 g/mol. The van der Waals surface area contributed by atoms with Gasteiger partial charge < -0.3 is 5.32 Å². The van der Waals surface area contributed by atoms with E-state index in [9.17, 15) is 9.18 Å². The standard InChI is InChI=1S/C24H29FN6O/c1-24(2,3)22-14-20(28-29-22)23(32)27-11-12-31-21(17-5-4-10-26-15-17)13-19(30-31)16-6-8-18(25)9-7-16/h4-10,13,15,20,22,28-29H,11-12,14H2,1-3H3,(H,27,32). The van der Waals surface area contributed by atoms with Crippen molar-refractivity contribution in [1.82, 2.24) is 30.9 Å². The van der Waals surface area contributed by atoms with Crippen LogP contribution in [0.3, 0.4) is 0 Å². The van der Waals surface area contributed by atoms with Crippen LogP contribution in [0.5, 0.6) is 0 Å². The quantitative estimate of drug-likeness (QED) is 0.553. The molecule has 2 unspecified atom stereocenters. The zero-order chi connectivity index (χ0) is 22.7. The fraction of sp³-hybridized carbons (Fsp3) is 0.375. The molecule has 3 N–H and O–H groups in total. The summed E-state index contributed by atoms with van der Waals surface area (Å²) < 4.78 is 15.2. The largest absolute Gasteiger partial charge is 0.353 e. The summed E-state index contributed by atoms with van der Waals surface area (Å²) in [6, 6.07) is 12.0. The molecule has 1 fully saturated rings. The minimum Gasteiger partial charge on any atom is -0.353 e. The van der Waals surface area contributed by atoms with Gasteiger partial charge in [0, 0.05) is 36.1 Å². The van der Waals surface area contributed by atoms with E-state index in [-0.39, 0.29) is 29.2 Å². The molecular formula is C24H29FN6O. The van der Waals surface area contributed by atoms with Gasteiger partial charge >= 0.3 is 0 Å². The first kappa shape index (κ1) is 22.1. The molecule has 4 rings (SSSR count). The summed E-state index contributed by atoms with van der Waals surface area (Å²) in [6.07, 6.45) is 4.24. The minimum absolute atomic E-state index is 0.0295. The lowest BCUT2D eigenvalue weighted by Gasteiger charge is -2.25. The number of aromatic nitrogens is 3. The van der Waals surface area contributed by atoms with Crippen LogP contribution in [-0.4, -0.2) is 39.3 Å². The van der Waals surface area contributed by atoms with Gasteiger partial charge in [0.05, 0.1) is 17.9 Å². The number of amides is 1. The lowest BCUT2D eigenvalue weighted by atomic mass is 9.84. The SMILES string of the molecule is CC(C)(C)C1CC(C(=O)NCCn2nc(-c3ccc(F)cc3)cc2-c2cccnc2)NN1. The Kier molecular flexibility index (Phi) is 6.34. The van der Waals surface area contributed by atoms with Crippen LogP contribution in [0.25, 0.3) is 22.5 Å². The average Bonchev–Trinajstić information content (AvgIpc) is 3.43. The maximum atomic E-state index is 13.3. The third-order valence-electron chi connectivity index (χ3n) is 5.77. The van der Waals surface area contributed by atoms with Gasteiger partial charge in [0.25, 0.3) is 0 Å². The van der Waals surface area contributed by atoms with E-state index in [0.717, 1.165) is 28.9 Å². The van der Waals surface area contributed by atoms with Gasteiger partial charge in [-0.25, -0.2) is 9.82 Å². The van der Waals surface area contributed by atoms with Crippen molar-refractivity contribution in [3.63, 3.8) is 0 Å². The average molecular weight is 437 g/mol. The minimum atomic E-state index is -0.285. The first-order valence-corrected chi connectivity index (χ1v) is 10.8.